The third kappa shape index (κ3) is 2.08. The first-order valence-corrected chi connectivity index (χ1v) is 6.45. The molecular weight excluding hydrogens is 260 g/mol. The van der Waals surface area contributed by atoms with Crippen molar-refractivity contribution in [2.45, 2.75) is 31.5 Å². The summed E-state index contributed by atoms with van der Waals surface area (Å²) >= 11 is 0. The Bertz CT molecular complexity index is 599. The molecule has 6 nitrogen and oxygen atoms in total. The summed E-state index contributed by atoms with van der Waals surface area (Å²) in [6.07, 6.45) is 0.383. The van der Waals surface area contributed by atoms with E-state index in [0.29, 0.717) is 13.0 Å². The molecule has 2 aliphatic heterocycles. The standard InChI is InChI=1S/C14H14N2O4/c17-12-6-10(13(18)15-12)16-7-9-4-2-1-3-8(9)5-11(16)14(19)20/h1-4,10-11H,5-7H2,(H,19,20)(H,15,17,18)/t10?,11-/m0/s1. The van der Waals surface area contributed by atoms with E-state index in [9.17, 15) is 19.5 Å². The molecule has 0 spiro atoms. The SMILES string of the molecule is O=C1CC(N2Cc3ccccc3C[C@H]2C(=O)O)C(=O)N1. The van der Waals surface area contributed by atoms with Gasteiger partial charge in [-0.1, -0.05) is 24.3 Å². The summed E-state index contributed by atoms with van der Waals surface area (Å²) in [5, 5.41) is 11.6. The molecule has 1 aromatic rings. The maximum atomic E-state index is 11.8. The zero-order valence-electron chi connectivity index (χ0n) is 10.7. The molecule has 3 rings (SSSR count). The summed E-state index contributed by atoms with van der Waals surface area (Å²) in [6, 6.07) is 6.14. The van der Waals surface area contributed by atoms with Gasteiger partial charge in [-0.05, 0) is 17.5 Å². The van der Waals surface area contributed by atoms with Crippen molar-refractivity contribution in [1.82, 2.24) is 10.2 Å². The van der Waals surface area contributed by atoms with Crippen molar-refractivity contribution in [2.24, 2.45) is 0 Å². The molecule has 6 heteroatoms. The first-order chi connectivity index (χ1) is 9.56. The molecule has 1 aromatic carbocycles. The minimum absolute atomic E-state index is 0.0325. The number of hydrogen-bond donors (Lipinski definition) is 2. The van der Waals surface area contributed by atoms with Crippen LogP contribution in [0.1, 0.15) is 17.5 Å². The number of fused-ring (bicyclic) bond motifs is 1. The van der Waals surface area contributed by atoms with Crippen LogP contribution in [0.3, 0.4) is 0 Å². The third-order valence-electron chi connectivity index (χ3n) is 3.91. The second kappa shape index (κ2) is 4.72. The normalized spacial score (nSPS) is 26.2. The van der Waals surface area contributed by atoms with Gasteiger partial charge in [0.1, 0.15) is 6.04 Å². The molecule has 2 N–H and O–H groups in total. The number of rotatable bonds is 2. The van der Waals surface area contributed by atoms with Crippen molar-refractivity contribution in [3.8, 4) is 0 Å². The molecule has 20 heavy (non-hydrogen) atoms. The average molecular weight is 274 g/mol. The maximum absolute atomic E-state index is 11.8. The highest BCUT2D eigenvalue weighted by Crippen LogP contribution is 2.27. The van der Waals surface area contributed by atoms with Gasteiger partial charge in [-0.25, -0.2) is 0 Å². The van der Waals surface area contributed by atoms with E-state index in [1.165, 1.54) is 0 Å². The number of nitrogens with one attached hydrogen (secondary N) is 1. The van der Waals surface area contributed by atoms with E-state index in [0.717, 1.165) is 11.1 Å². The molecular formula is C14H14N2O4. The highest BCUT2D eigenvalue weighted by molar-refractivity contribution is 6.05. The number of imide groups is 1. The van der Waals surface area contributed by atoms with Crippen LogP contribution in [0, 0.1) is 0 Å². The van der Waals surface area contributed by atoms with Gasteiger partial charge in [0.05, 0.1) is 12.5 Å². The molecule has 0 radical (unpaired) electrons. The van der Waals surface area contributed by atoms with Crippen LogP contribution < -0.4 is 5.32 Å². The Morgan fingerprint density at radius 2 is 1.90 bits per heavy atom. The smallest absolute Gasteiger partial charge is 0.321 e. The van der Waals surface area contributed by atoms with Gasteiger partial charge in [-0.3, -0.25) is 24.6 Å². The number of amides is 2. The van der Waals surface area contributed by atoms with Crippen LogP contribution >= 0.6 is 0 Å². The fraction of sp³-hybridized carbons (Fsp3) is 0.357. The molecule has 2 amide bonds. The molecule has 104 valence electrons. The Morgan fingerprint density at radius 1 is 1.20 bits per heavy atom. The summed E-state index contributed by atoms with van der Waals surface area (Å²) in [4.78, 5) is 36.2. The molecule has 0 aromatic heterocycles. The number of hydrogen-bond acceptors (Lipinski definition) is 4. The first-order valence-electron chi connectivity index (χ1n) is 6.45. The Hall–Kier alpha value is -2.21. The van der Waals surface area contributed by atoms with E-state index in [4.69, 9.17) is 0 Å². The van der Waals surface area contributed by atoms with E-state index in [-0.39, 0.29) is 12.3 Å². The van der Waals surface area contributed by atoms with Crippen LogP contribution in [0.5, 0.6) is 0 Å². The van der Waals surface area contributed by atoms with Crippen molar-refractivity contribution in [3.05, 3.63) is 35.4 Å². The summed E-state index contributed by atoms with van der Waals surface area (Å²) in [5.74, 6) is -1.71. The number of carbonyl (C=O) groups is 3. The number of aliphatic carboxylic acids is 1. The predicted octanol–water partition coefficient (Wildman–Crippen LogP) is -0.0870. The van der Waals surface area contributed by atoms with E-state index < -0.39 is 24.0 Å². The van der Waals surface area contributed by atoms with Crippen molar-refractivity contribution >= 4 is 17.8 Å². The van der Waals surface area contributed by atoms with Crippen LogP contribution in [-0.4, -0.2) is 39.9 Å². The largest absolute Gasteiger partial charge is 0.480 e. The highest BCUT2D eigenvalue weighted by atomic mass is 16.4. The van der Waals surface area contributed by atoms with Crippen LogP contribution in [0.2, 0.25) is 0 Å². The summed E-state index contributed by atoms with van der Waals surface area (Å²) in [7, 11) is 0. The molecule has 1 saturated heterocycles. The fourth-order valence-corrected chi connectivity index (χ4v) is 2.91. The molecule has 1 unspecified atom stereocenters. The zero-order chi connectivity index (χ0) is 14.3. The molecule has 0 aliphatic carbocycles. The van der Waals surface area contributed by atoms with E-state index in [2.05, 4.69) is 5.32 Å². The molecule has 0 bridgehead atoms. The molecule has 2 atom stereocenters. The minimum atomic E-state index is -0.966. The van der Waals surface area contributed by atoms with Gasteiger partial charge in [-0.15, -0.1) is 0 Å². The third-order valence-corrected chi connectivity index (χ3v) is 3.91. The van der Waals surface area contributed by atoms with Gasteiger partial charge in [0.25, 0.3) is 0 Å². The fourth-order valence-electron chi connectivity index (χ4n) is 2.91. The van der Waals surface area contributed by atoms with Gasteiger partial charge in [-0.2, -0.15) is 0 Å². The zero-order valence-corrected chi connectivity index (χ0v) is 10.7. The lowest BCUT2D eigenvalue weighted by Crippen LogP contribution is -2.52. The molecule has 2 aliphatic rings. The van der Waals surface area contributed by atoms with Crippen LogP contribution in [0.4, 0.5) is 0 Å². The van der Waals surface area contributed by atoms with E-state index in [1.54, 1.807) is 4.90 Å². The van der Waals surface area contributed by atoms with Crippen molar-refractivity contribution in [3.63, 3.8) is 0 Å². The average Bonchev–Trinajstić information content (AvgIpc) is 2.76. The summed E-state index contributed by atoms with van der Waals surface area (Å²) in [5.41, 5.74) is 2.00. The van der Waals surface area contributed by atoms with Crippen molar-refractivity contribution in [1.29, 1.82) is 0 Å². The lowest BCUT2D eigenvalue weighted by molar-refractivity contribution is -0.146. The topological polar surface area (TPSA) is 86.7 Å². The monoisotopic (exact) mass is 274 g/mol. The number of carboxylic acids is 1. The van der Waals surface area contributed by atoms with Gasteiger partial charge in [0.15, 0.2) is 0 Å². The summed E-state index contributed by atoms with van der Waals surface area (Å²) < 4.78 is 0. The first kappa shape index (κ1) is 12.8. The number of benzene rings is 1. The number of carboxylic acid groups (broad SMARTS) is 1. The van der Waals surface area contributed by atoms with E-state index >= 15 is 0 Å². The number of carbonyl (C=O) groups excluding carboxylic acids is 2. The van der Waals surface area contributed by atoms with Gasteiger partial charge in [0, 0.05) is 6.54 Å². The molecule has 1 fully saturated rings. The van der Waals surface area contributed by atoms with Gasteiger partial charge >= 0.3 is 5.97 Å². The Balaban J connectivity index is 1.94. The van der Waals surface area contributed by atoms with Crippen molar-refractivity contribution in [2.75, 3.05) is 0 Å². The minimum Gasteiger partial charge on any atom is -0.480 e. The van der Waals surface area contributed by atoms with Gasteiger partial charge < -0.3 is 5.11 Å². The highest BCUT2D eigenvalue weighted by Gasteiger charge is 2.42. The lowest BCUT2D eigenvalue weighted by Gasteiger charge is -2.36. The molecule has 0 saturated carbocycles. The van der Waals surface area contributed by atoms with Gasteiger partial charge in [0.2, 0.25) is 11.8 Å². The Morgan fingerprint density at radius 3 is 2.50 bits per heavy atom. The quantitative estimate of drug-likeness (QED) is 0.736. The predicted molar refractivity (Wildman–Crippen MR) is 68.7 cm³/mol. The van der Waals surface area contributed by atoms with Crippen LogP contribution in [0.25, 0.3) is 0 Å². The summed E-state index contributed by atoms with van der Waals surface area (Å²) in [6.45, 7) is 0.374. The second-order valence-corrected chi connectivity index (χ2v) is 5.13. The molecule has 2 heterocycles. The van der Waals surface area contributed by atoms with Crippen LogP contribution in [0.15, 0.2) is 24.3 Å². The van der Waals surface area contributed by atoms with Crippen LogP contribution in [-0.2, 0) is 27.3 Å². The number of nitrogens with zero attached hydrogens (tertiary/aromatic N) is 1. The maximum Gasteiger partial charge on any atom is 0.321 e. The van der Waals surface area contributed by atoms with Crippen molar-refractivity contribution < 1.29 is 19.5 Å². The Kier molecular flexibility index (Phi) is 3.02. The lowest BCUT2D eigenvalue weighted by atomic mass is 9.92. The van der Waals surface area contributed by atoms with E-state index in [1.807, 2.05) is 24.3 Å². The second-order valence-electron chi connectivity index (χ2n) is 5.13. The Labute approximate surface area is 115 Å².